The molecule has 1 amide bonds. The summed E-state index contributed by atoms with van der Waals surface area (Å²) < 4.78 is 12.9. The summed E-state index contributed by atoms with van der Waals surface area (Å²) >= 11 is 1.48. The van der Waals surface area contributed by atoms with E-state index >= 15 is 0 Å². The number of methoxy groups -OCH3 is 2. The van der Waals surface area contributed by atoms with Gasteiger partial charge < -0.3 is 14.8 Å². The first-order chi connectivity index (χ1) is 15.1. The van der Waals surface area contributed by atoms with Gasteiger partial charge in [-0.25, -0.2) is 4.98 Å². The highest BCUT2D eigenvalue weighted by Gasteiger charge is 2.25. The van der Waals surface area contributed by atoms with Gasteiger partial charge in [-0.05, 0) is 56.9 Å². The maximum Gasteiger partial charge on any atom is 0.237 e. The van der Waals surface area contributed by atoms with Crippen LogP contribution in [0.4, 0.5) is 5.69 Å². The quantitative estimate of drug-likeness (QED) is 0.533. The molecule has 0 unspecified atom stereocenters. The molecule has 6 nitrogen and oxygen atoms in total. The van der Waals surface area contributed by atoms with Gasteiger partial charge in [0.15, 0.2) is 5.16 Å². The number of imidazole rings is 1. The minimum absolute atomic E-state index is 0.114. The first kappa shape index (κ1) is 21.3. The van der Waals surface area contributed by atoms with E-state index in [2.05, 4.69) is 22.0 Å². The van der Waals surface area contributed by atoms with Gasteiger partial charge in [0.2, 0.25) is 5.91 Å². The molecule has 7 heteroatoms. The van der Waals surface area contributed by atoms with Crippen LogP contribution in [0.15, 0.2) is 53.7 Å². The lowest BCUT2D eigenvalue weighted by Crippen LogP contribution is -2.23. The fourth-order valence-electron chi connectivity index (χ4n) is 3.80. The Kier molecular flexibility index (Phi) is 6.51. The lowest BCUT2D eigenvalue weighted by Gasteiger charge is -2.17. The van der Waals surface area contributed by atoms with Crippen molar-refractivity contribution in [2.45, 2.75) is 43.0 Å². The van der Waals surface area contributed by atoms with Gasteiger partial charge in [0.05, 0.1) is 30.9 Å². The zero-order valence-corrected chi connectivity index (χ0v) is 18.9. The average molecular weight is 438 g/mol. The van der Waals surface area contributed by atoms with Crippen LogP contribution >= 0.6 is 11.8 Å². The maximum absolute atomic E-state index is 13.0. The third kappa shape index (κ3) is 4.56. The third-order valence-corrected chi connectivity index (χ3v) is 6.48. The summed E-state index contributed by atoms with van der Waals surface area (Å²) in [5, 5.41) is 3.49. The van der Waals surface area contributed by atoms with E-state index in [0.29, 0.717) is 17.2 Å². The summed E-state index contributed by atoms with van der Waals surface area (Å²) in [6.45, 7) is 1.90. The van der Waals surface area contributed by atoms with Crippen LogP contribution in [0.3, 0.4) is 0 Å². The molecule has 2 aromatic carbocycles. The number of fused-ring (bicyclic) bond motifs is 1. The Balaban J connectivity index is 1.58. The molecule has 31 heavy (non-hydrogen) atoms. The maximum atomic E-state index is 13.0. The minimum Gasteiger partial charge on any atom is -0.497 e. The van der Waals surface area contributed by atoms with E-state index in [1.54, 1.807) is 32.4 Å². The lowest BCUT2D eigenvalue weighted by molar-refractivity contribution is -0.115. The van der Waals surface area contributed by atoms with Crippen LogP contribution in [0.25, 0.3) is 5.69 Å². The van der Waals surface area contributed by atoms with Crippen LogP contribution in [-0.2, 0) is 17.6 Å². The molecule has 0 saturated carbocycles. The number of para-hydroxylation sites is 1. The van der Waals surface area contributed by atoms with E-state index in [1.165, 1.54) is 23.9 Å². The molecule has 1 atom stereocenters. The number of hydrogen-bond donors (Lipinski definition) is 1. The molecule has 0 fully saturated rings. The summed E-state index contributed by atoms with van der Waals surface area (Å²) in [5.74, 6) is 1.13. The fraction of sp³-hybridized carbons (Fsp3) is 0.333. The summed E-state index contributed by atoms with van der Waals surface area (Å²) in [5.41, 5.74) is 4.09. The molecule has 1 N–H and O–H groups in total. The van der Waals surface area contributed by atoms with Crippen molar-refractivity contribution >= 4 is 23.4 Å². The monoisotopic (exact) mass is 437 g/mol. The Morgan fingerprint density at radius 1 is 1.10 bits per heavy atom. The molecule has 0 spiro atoms. The SMILES string of the molecule is COc1ccc(OC)c(NC(=O)[C@@H](C)Sc2nc3c(n2-c2ccccc2)CCCC3)c1. The topological polar surface area (TPSA) is 65.4 Å². The molecule has 0 aliphatic heterocycles. The smallest absolute Gasteiger partial charge is 0.237 e. The van der Waals surface area contributed by atoms with E-state index in [4.69, 9.17) is 14.5 Å². The molecular formula is C24H27N3O3S. The number of carbonyl (C=O) groups is 1. The number of benzene rings is 2. The van der Waals surface area contributed by atoms with Gasteiger partial charge in [-0.1, -0.05) is 30.0 Å². The average Bonchev–Trinajstić information content (AvgIpc) is 3.17. The number of hydrogen-bond acceptors (Lipinski definition) is 5. The van der Waals surface area contributed by atoms with E-state index in [0.717, 1.165) is 35.8 Å². The second-order valence-corrected chi connectivity index (χ2v) is 8.79. The molecule has 4 rings (SSSR count). The summed E-state index contributed by atoms with van der Waals surface area (Å²) in [6, 6.07) is 15.6. The highest BCUT2D eigenvalue weighted by Crippen LogP contribution is 2.34. The van der Waals surface area contributed by atoms with Crippen molar-refractivity contribution in [2.24, 2.45) is 0 Å². The number of ether oxygens (including phenoxy) is 2. The predicted molar refractivity (Wildman–Crippen MR) is 124 cm³/mol. The highest BCUT2D eigenvalue weighted by molar-refractivity contribution is 8.00. The Bertz CT molecular complexity index is 1070. The van der Waals surface area contributed by atoms with E-state index in [1.807, 2.05) is 25.1 Å². The molecule has 162 valence electrons. The van der Waals surface area contributed by atoms with Crippen LogP contribution in [0.2, 0.25) is 0 Å². The van der Waals surface area contributed by atoms with Crippen molar-refractivity contribution in [1.82, 2.24) is 9.55 Å². The molecule has 0 radical (unpaired) electrons. The van der Waals surface area contributed by atoms with Crippen molar-refractivity contribution in [2.75, 3.05) is 19.5 Å². The van der Waals surface area contributed by atoms with Gasteiger partial charge in [-0.3, -0.25) is 9.36 Å². The standard InChI is InChI=1S/C24H27N3O3S/c1-16(23(28)25-20-15-18(29-2)13-14-22(20)30-3)31-24-26-19-11-7-8-12-21(19)27(24)17-9-5-4-6-10-17/h4-6,9-10,13-16H,7-8,11-12H2,1-3H3,(H,25,28)/t16-/m1/s1. The molecule has 0 saturated heterocycles. The van der Waals surface area contributed by atoms with Gasteiger partial charge in [0.1, 0.15) is 11.5 Å². The number of thioether (sulfide) groups is 1. The number of carbonyl (C=O) groups excluding carboxylic acids is 1. The van der Waals surface area contributed by atoms with Gasteiger partial charge in [-0.2, -0.15) is 0 Å². The zero-order chi connectivity index (χ0) is 21.8. The lowest BCUT2D eigenvalue weighted by atomic mass is 10.0. The first-order valence-corrected chi connectivity index (χ1v) is 11.3. The second kappa shape index (κ2) is 9.47. The van der Waals surface area contributed by atoms with Crippen molar-refractivity contribution in [3.05, 3.63) is 59.9 Å². The van der Waals surface area contributed by atoms with Crippen LogP contribution in [0.5, 0.6) is 11.5 Å². The Labute approximate surface area is 187 Å². The first-order valence-electron chi connectivity index (χ1n) is 10.5. The number of aromatic nitrogens is 2. The number of rotatable bonds is 7. The molecule has 1 aliphatic rings. The molecular weight excluding hydrogens is 410 g/mol. The van der Waals surface area contributed by atoms with Crippen molar-refractivity contribution in [1.29, 1.82) is 0 Å². The summed E-state index contributed by atoms with van der Waals surface area (Å²) in [4.78, 5) is 17.9. The van der Waals surface area contributed by atoms with Gasteiger partial charge in [0, 0.05) is 17.4 Å². The number of aryl methyl sites for hydroxylation is 1. The normalized spacial score (nSPS) is 13.9. The molecule has 0 bridgehead atoms. The van der Waals surface area contributed by atoms with Crippen molar-refractivity contribution in [3.8, 4) is 17.2 Å². The van der Waals surface area contributed by atoms with Gasteiger partial charge in [-0.15, -0.1) is 0 Å². The second-order valence-electron chi connectivity index (χ2n) is 7.48. The Hall–Kier alpha value is -2.93. The van der Waals surface area contributed by atoms with Gasteiger partial charge in [0.25, 0.3) is 0 Å². The van der Waals surface area contributed by atoms with Crippen LogP contribution in [-0.4, -0.2) is 34.9 Å². The predicted octanol–water partition coefficient (Wildman–Crippen LogP) is 4.89. The minimum atomic E-state index is -0.345. The Morgan fingerprint density at radius 2 is 1.87 bits per heavy atom. The van der Waals surface area contributed by atoms with E-state index in [9.17, 15) is 4.79 Å². The number of amides is 1. The Morgan fingerprint density at radius 3 is 2.61 bits per heavy atom. The third-order valence-electron chi connectivity index (χ3n) is 5.43. The number of nitrogens with one attached hydrogen (secondary N) is 1. The van der Waals surface area contributed by atoms with Crippen molar-refractivity contribution < 1.29 is 14.3 Å². The van der Waals surface area contributed by atoms with Crippen LogP contribution in [0.1, 0.15) is 31.2 Å². The largest absolute Gasteiger partial charge is 0.497 e. The van der Waals surface area contributed by atoms with Crippen LogP contribution < -0.4 is 14.8 Å². The van der Waals surface area contributed by atoms with Crippen molar-refractivity contribution in [3.63, 3.8) is 0 Å². The zero-order valence-electron chi connectivity index (χ0n) is 18.1. The van der Waals surface area contributed by atoms with E-state index in [-0.39, 0.29) is 11.2 Å². The summed E-state index contributed by atoms with van der Waals surface area (Å²) in [6.07, 6.45) is 4.33. The molecule has 1 aliphatic carbocycles. The number of nitrogens with zero attached hydrogens (tertiary/aromatic N) is 2. The van der Waals surface area contributed by atoms with E-state index < -0.39 is 0 Å². The number of anilines is 1. The van der Waals surface area contributed by atoms with Gasteiger partial charge >= 0.3 is 0 Å². The summed E-state index contributed by atoms with van der Waals surface area (Å²) in [7, 11) is 3.17. The molecule has 1 aromatic heterocycles. The molecule has 3 aromatic rings. The van der Waals surface area contributed by atoms with Crippen LogP contribution in [0, 0.1) is 0 Å². The fourth-order valence-corrected chi connectivity index (χ4v) is 4.76. The molecule has 1 heterocycles. The highest BCUT2D eigenvalue weighted by atomic mass is 32.2.